The zero-order valence-electron chi connectivity index (χ0n) is 6.47. The van der Waals surface area contributed by atoms with Gasteiger partial charge in [-0.2, -0.15) is 0 Å². The van der Waals surface area contributed by atoms with Crippen LogP contribution in [-0.4, -0.2) is 10.1 Å². The van der Waals surface area contributed by atoms with Crippen LogP contribution in [-0.2, 0) is 6.61 Å². The third-order valence-electron chi connectivity index (χ3n) is 1.53. The second-order valence-electron chi connectivity index (χ2n) is 2.36. The summed E-state index contributed by atoms with van der Waals surface area (Å²) in [7, 11) is 0. The van der Waals surface area contributed by atoms with Crippen molar-refractivity contribution in [3.63, 3.8) is 0 Å². The van der Waals surface area contributed by atoms with Crippen molar-refractivity contribution >= 4 is 17.4 Å². The van der Waals surface area contributed by atoms with E-state index < -0.39 is 18.6 Å². The van der Waals surface area contributed by atoms with Gasteiger partial charge >= 0.3 is 0 Å². The van der Waals surface area contributed by atoms with Crippen molar-refractivity contribution in [1.82, 2.24) is 4.98 Å². The molecule has 13 heavy (non-hydrogen) atoms. The molecule has 0 aromatic carbocycles. The van der Waals surface area contributed by atoms with Crippen LogP contribution in [0.1, 0.15) is 17.6 Å². The summed E-state index contributed by atoms with van der Waals surface area (Å²) >= 11 is 5.46. The monoisotopic (exact) mass is 208 g/mol. The Balaban J connectivity index is 3.30. The Morgan fingerprint density at radius 2 is 2.23 bits per heavy atom. The summed E-state index contributed by atoms with van der Waals surface area (Å²) in [4.78, 5) is 3.46. The summed E-state index contributed by atoms with van der Waals surface area (Å²) in [5.74, 6) is -0.341. The summed E-state index contributed by atoms with van der Waals surface area (Å²) in [5.41, 5.74) is 4.77. The fraction of sp³-hybridized carbons (Fsp3) is 0.286. The lowest BCUT2D eigenvalue weighted by Gasteiger charge is -2.08. The quantitative estimate of drug-likeness (QED) is 0.728. The molecule has 1 aromatic heterocycles. The molecule has 0 amide bonds. The maximum atomic E-state index is 12.3. The molecule has 0 saturated carbocycles. The maximum absolute atomic E-state index is 12.3. The zero-order chi connectivity index (χ0) is 10.0. The van der Waals surface area contributed by atoms with Gasteiger partial charge in [-0.05, 0) is 11.6 Å². The highest BCUT2D eigenvalue weighted by atomic mass is 35.5. The highest BCUT2D eigenvalue weighted by Crippen LogP contribution is 2.29. The highest BCUT2D eigenvalue weighted by molar-refractivity contribution is 6.29. The van der Waals surface area contributed by atoms with Crippen molar-refractivity contribution in [3.05, 3.63) is 22.3 Å². The fourth-order valence-corrected chi connectivity index (χ4v) is 1.20. The van der Waals surface area contributed by atoms with Crippen molar-refractivity contribution in [2.75, 3.05) is 5.73 Å². The number of anilines is 1. The summed E-state index contributed by atoms with van der Waals surface area (Å²) in [5, 5.41) is 8.73. The number of nitrogens with two attached hydrogens (primary N) is 1. The molecule has 3 N–H and O–H groups in total. The number of aromatic nitrogens is 1. The van der Waals surface area contributed by atoms with Crippen LogP contribution in [0.5, 0.6) is 0 Å². The number of alkyl halides is 2. The van der Waals surface area contributed by atoms with Crippen LogP contribution in [0.3, 0.4) is 0 Å². The van der Waals surface area contributed by atoms with Gasteiger partial charge in [0, 0.05) is 0 Å². The first kappa shape index (κ1) is 10.1. The SMILES string of the molecule is Nc1nc(Cl)cc(CO)c1C(F)F. The maximum Gasteiger partial charge on any atom is 0.267 e. The molecule has 1 heterocycles. The molecule has 0 bridgehead atoms. The predicted octanol–water partition coefficient (Wildman–Crippen LogP) is 1.75. The van der Waals surface area contributed by atoms with E-state index in [4.69, 9.17) is 22.4 Å². The number of hydrogen-bond donors (Lipinski definition) is 2. The first-order chi connectivity index (χ1) is 6.06. The second kappa shape index (κ2) is 3.85. The number of rotatable bonds is 2. The van der Waals surface area contributed by atoms with Crippen LogP contribution >= 0.6 is 11.6 Å². The van der Waals surface area contributed by atoms with E-state index in [0.29, 0.717) is 0 Å². The Bertz CT molecular complexity index is 320. The molecule has 1 rings (SSSR count). The van der Waals surface area contributed by atoms with Crippen molar-refractivity contribution in [2.45, 2.75) is 13.0 Å². The minimum Gasteiger partial charge on any atom is -0.392 e. The molecular weight excluding hydrogens is 202 g/mol. The summed E-state index contributed by atoms with van der Waals surface area (Å²) in [6.07, 6.45) is -2.76. The number of pyridine rings is 1. The van der Waals surface area contributed by atoms with Gasteiger partial charge in [-0.25, -0.2) is 13.8 Å². The Hall–Kier alpha value is -0.940. The molecule has 72 valence electrons. The molecule has 0 aliphatic rings. The van der Waals surface area contributed by atoms with Crippen molar-refractivity contribution in [1.29, 1.82) is 0 Å². The molecule has 0 unspecified atom stereocenters. The number of aliphatic hydroxyl groups excluding tert-OH is 1. The van der Waals surface area contributed by atoms with E-state index in [2.05, 4.69) is 4.98 Å². The molecular formula is C7H7ClF2N2O. The van der Waals surface area contributed by atoms with E-state index in [1.807, 2.05) is 0 Å². The second-order valence-corrected chi connectivity index (χ2v) is 2.75. The number of aliphatic hydroxyl groups is 1. The molecule has 1 aromatic rings. The van der Waals surface area contributed by atoms with Crippen LogP contribution in [0.15, 0.2) is 6.07 Å². The predicted molar refractivity (Wildman–Crippen MR) is 44.5 cm³/mol. The molecule has 0 fully saturated rings. The van der Waals surface area contributed by atoms with Gasteiger partial charge in [0.05, 0.1) is 12.2 Å². The van der Waals surface area contributed by atoms with E-state index in [0.717, 1.165) is 0 Å². The standard InChI is InChI=1S/C7H7ClF2N2O/c8-4-1-3(2-13)5(6(9)10)7(11)12-4/h1,6,13H,2H2,(H2,11,12). The molecule has 0 aliphatic carbocycles. The average Bonchev–Trinajstić information content (AvgIpc) is 2.01. The van der Waals surface area contributed by atoms with Crippen LogP contribution in [0, 0.1) is 0 Å². The summed E-state index contributed by atoms with van der Waals surface area (Å²) < 4.78 is 24.7. The van der Waals surface area contributed by atoms with Crippen LogP contribution in [0.4, 0.5) is 14.6 Å². The molecule has 6 heteroatoms. The normalized spacial score (nSPS) is 10.8. The van der Waals surface area contributed by atoms with E-state index in [1.54, 1.807) is 0 Å². The van der Waals surface area contributed by atoms with Gasteiger partial charge in [0.25, 0.3) is 6.43 Å². The molecule has 0 atom stereocenters. The van der Waals surface area contributed by atoms with E-state index >= 15 is 0 Å². The first-order valence-electron chi connectivity index (χ1n) is 3.40. The third kappa shape index (κ3) is 2.05. The Morgan fingerprint density at radius 1 is 1.62 bits per heavy atom. The minimum atomic E-state index is -2.76. The van der Waals surface area contributed by atoms with Crippen LogP contribution in [0.2, 0.25) is 5.15 Å². The lowest BCUT2D eigenvalue weighted by atomic mass is 10.1. The van der Waals surface area contributed by atoms with Gasteiger partial charge in [-0.3, -0.25) is 0 Å². The molecule has 0 aliphatic heterocycles. The van der Waals surface area contributed by atoms with Gasteiger partial charge in [-0.15, -0.1) is 0 Å². The highest BCUT2D eigenvalue weighted by Gasteiger charge is 2.17. The molecule has 0 radical (unpaired) electrons. The fourth-order valence-electron chi connectivity index (χ4n) is 0.976. The Labute approximate surface area is 78.1 Å². The Kier molecular flexibility index (Phi) is 3.00. The van der Waals surface area contributed by atoms with E-state index in [1.165, 1.54) is 6.07 Å². The topological polar surface area (TPSA) is 59.1 Å². The number of halogens is 3. The van der Waals surface area contributed by atoms with Crippen LogP contribution < -0.4 is 5.73 Å². The number of nitrogen functional groups attached to an aromatic ring is 1. The number of nitrogens with zero attached hydrogens (tertiary/aromatic N) is 1. The van der Waals surface area contributed by atoms with Gasteiger partial charge < -0.3 is 10.8 Å². The zero-order valence-corrected chi connectivity index (χ0v) is 7.22. The summed E-state index contributed by atoms with van der Waals surface area (Å²) in [6.45, 7) is -0.536. The van der Waals surface area contributed by atoms with Gasteiger partial charge in [0.2, 0.25) is 0 Å². The molecule has 0 saturated heterocycles. The lowest BCUT2D eigenvalue weighted by Crippen LogP contribution is -2.03. The van der Waals surface area contributed by atoms with Gasteiger partial charge in [0.15, 0.2) is 0 Å². The average molecular weight is 209 g/mol. The van der Waals surface area contributed by atoms with Gasteiger partial charge in [-0.1, -0.05) is 11.6 Å². The molecule has 3 nitrogen and oxygen atoms in total. The van der Waals surface area contributed by atoms with Crippen molar-refractivity contribution in [2.24, 2.45) is 0 Å². The lowest BCUT2D eigenvalue weighted by molar-refractivity contribution is 0.147. The smallest absolute Gasteiger partial charge is 0.267 e. The van der Waals surface area contributed by atoms with E-state index in [-0.39, 0.29) is 16.5 Å². The largest absolute Gasteiger partial charge is 0.392 e. The first-order valence-corrected chi connectivity index (χ1v) is 3.78. The molecule has 0 spiro atoms. The van der Waals surface area contributed by atoms with Gasteiger partial charge in [0.1, 0.15) is 11.0 Å². The third-order valence-corrected chi connectivity index (χ3v) is 1.72. The van der Waals surface area contributed by atoms with Crippen molar-refractivity contribution in [3.8, 4) is 0 Å². The van der Waals surface area contributed by atoms with E-state index in [9.17, 15) is 8.78 Å². The number of hydrogen-bond acceptors (Lipinski definition) is 3. The minimum absolute atomic E-state index is 0.00694. The summed E-state index contributed by atoms with van der Waals surface area (Å²) in [6, 6.07) is 1.17. The Morgan fingerprint density at radius 3 is 2.69 bits per heavy atom. The van der Waals surface area contributed by atoms with Crippen LogP contribution in [0.25, 0.3) is 0 Å². The van der Waals surface area contributed by atoms with Crippen molar-refractivity contribution < 1.29 is 13.9 Å².